The fourth-order valence-electron chi connectivity index (χ4n) is 3.98. The van der Waals surface area contributed by atoms with Gasteiger partial charge in [0.25, 0.3) is 5.56 Å². The Morgan fingerprint density at radius 2 is 2.11 bits per heavy atom. The van der Waals surface area contributed by atoms with Crippen molar-refractivity contribution in [1.82, 2.24) is 9.38 Å². The van der Waals surface area contributed by atoms with Gasteiger partial charge in [-0.25, -0.2) is 0 Å². The van der Waals surface area contributed by atoms with Gasteiger partial charge in [0.1, 0.15) is 5.52 Å². The number of aromatic amines is 1. The molecule has 5 nitrogen and oxygen atoms in total. The van der Waals surface area contributed by atoms with E-state index in [9.17, 15) is 4.79 Å². The zero-order chi connectivity index (χ0) is 19.5. The van der Waals surface area contributed by atoms with E-state index in [2.05, 4.69) is 40.8 Å². The highest BCUT2D eigenvalue weighted by Gasteiger charge is 2.17. The van der Waals surface area contributed by atoms with Gasteiger partial charge < -0.3 is 19.4 Å². The molecular weight excluding hydrogens is 370 g/mol. The van der Waals surface area contributed by atoms with Crippen molar-refractivity contribution < 1.29 is 4.74 Å². The summed E-state index contributed by atoms with van der Waals surface area (Å²) in [7, 11) is 0. The van der Waals surface area contributed by atoms with Gasteiger partial charge in [-0.3, -0.25) is 4.79 Å². The first-order chi connectivity index (χ1) is 13.7. The number of ether oxygens (including phenoxy) is 1. The molecule has 1 aliphatic rings. The number of nitrogens with zero attached hydrogens (tertiary/aromatic N) is 1. The molecule has 1 fully saturated rings. The van der Waals surface area contributed by atoms with E-state index in [4.69, 9.17) is 4.74 Å². The summed E-state index contributed by atoms with van der Waals surface area (Å²) < 4.78 is 7.49. The number of fused-ring (bicyclic) bond motifs is 1. The van der Waals surface area contributed by atoms with Crippen LogP contribution < -0.4 is 10.9 Å². The summed E-state index contributed by atoms with van der Waals surface area (Å²) in [6, 6.07) is 8.75. The molecule has 0 spiro atoms. The molecule has 3 heterocycles. The molecule has 0 unspecified atom stereocenters. The average Bonchev–Trinajstić information content (AvgIpc) is 3.06. The normalized spacial score (nSPS) is 15.2. The summed E-state index contributed by atoms with van der Waals surface area (Å²) in [6.07, 6.45) is 7.97. The number of H-pyrrole nitrogens is 1. The summed E-state index contributed by atoms with van der Waals surface area (Å²) in [5, 5.41) is 3.68. The predicted octanol–water partition coefficient (Wildman–Crippen LogP) is 4.30. The van der Waals surface area contributed by atoms with Gasteiger partial charge in [-0.15, -0.1) is 0 Å². The first kappa shape index (κ1) is 19.2. The van der Waals surface area contributed by atoms with Crippen LogP contribution in [0, 0.1) is 12.8 Å². The molecule has 148 valence electrons. The Kier molecular flexibility index (Phi) is 5.78. The lowest BCUT2D eigenvalue weighted by Gasteiger charge is -2.23. The summed E-state index contributed by atoms with van der Waals surface area (Å²) >= 11 is 1.82. The average molecular weight is 398 g/mol. The minimum absolute atomic E-state index is 0.0526. The zero-order valence-electron chi connectivity index (χ0n) is 16.5. The van der Waals surface area contributed by atoms with Gasteiger partial charge in [0.2, 0.25) is 0 Å². The molecule has 1 aliphatic heterocycles. The van der Waals surface area contributed by atoms with Crippen LogP contribution in [0.2, 0.25) is 0 Å². The highest BCUT2D eigenvalue weighted by Crippen LogP contribution is 2.33. The maximum absolute atomic E-state index is 12.3. The molecule has 1 saturated heterocycles. The van der Waals surface area contributed by atoms with Gasteiger partial charge in [-0.05, 0) is 61.3 Å². The minimum atomic E-state index is -0.0526. The van der Waals surface area contributed by atoms with Crippen LogP contribution in [0.1, 0.15) is 24.0 Å². The van der Waals surface area contributed by atoms with Crippen LogP contribution >= 0.6 is 11.8 Å². The molecule has 0 atom stereocenters. The lowest BCUT2D eigenvalue weighted by Crippen LogP contribution is -2.22. The Balaban J connectivity index is 1.74. The van der Waals surface area contributed by atoms with Crippen molar-refractivity contribution >= 4 is 23.0 Å². The van der Waals surface area contributed by atoms with Gasteiger partial charge in [-0.2, -0.15) is 11.8 Å². The monoisotopic (exact) mass is 397 g/mol. The van der Waals surface area contributed by atoms with Gasteiger partial charge in [0.05, 0.1) is 5.69 Å². The molecule has 0 aliphatic carbocycles. The quantitative estimate of drug-likeness (QED) is 0.651. The lowest BCUT2D eigenvalue weighted by molar-refractivity contribution is 0.0699. The van der Waals surface area contributed by atoms with Crippen molar-refractivity contribution in [2.24, 2.45) is 5.92 Å². The van der Waals surface area contributed by atoms with Crippen LogP contribution in [-0.2, 0) is 10.5 Å². The van der Waals surface area contributed by atoms with E-state index in [1.807, 2.05) is 29.3 Å². The second-order valence-corrected chi connectivity index (χ2v) is 8.34. The first-order valence-electron chi connectivity index (χ1n) is 9.80. The Morgan fingerprint density at radius 3 is 2.89 bits per heavy atom. The Bertz CT molecular complexity index is 1020. The van der Waals surface area contributed by atoms with Crippen LogP contribution in [0.5, 0.6) is 0 Å². The van der Waals surface area contributed by atoms with E-state index in [0.29, 0.717) is 11.4 Å². The third kappa shape index (κ3) is 3.84. The van der Waals surface area contributed by atoms with Crippen LogP contribution in [0.25, 0.3) is 16.8 Å². The van der Waals surface area contributed by atoms with Gasteiger partial charge in [0, 0.05) is 49.2 Å². The summed E-state index contributed by atoms with van der Waals surface area (Å²) in [6.45, 7) is 4.66. The minimum Gasteiger partial charge on any atom is -0.384 e. The van der Waals surface area contributed by atoms with E-state index in [1.54, 1.807) is 6.20 Å². The standard InChI is InChI=1S/C22H27N3O2S/c1-15-11-20(25-8-7-23-22(26)21(15)25)18-12-17(14-28-2)3-4-19(18)24-13-16-5-9-27-10-6-16/h3-4,7-8,11-12,16,24H,5-6,9-10,13-14H2,1-2H3,(H,23,26). The third-order valence-corrected chi connectivity index (χ3v) is 6.10. The van der Waals surface area contributed by atoms with Gasteiger partial charge in [0.15, 0.2) is 0 Å². The molecule has 6 heteroatoms. The molecule has 2 N–H and O–H groups in total. The smallest absolute Gasteiger partial charge is 0.272 e. The first-order valence-corrected chi connectivity index (χ1v) is 11.2. The second kappa shape index (κ2) is 8.45. The Morgan fingerprint density at radius 1 is 1.29 bits per heavy atom. The van der Waals surface area contributed by atoms with Crippen molar-refractivity contribution in [3.8, 4) is 11.3 Å². The Labute approximate surface area is 169 Å². The topological polar surface area (TPSA) is 58.5 Å². The molecule has 28 heavy (non-hydrogen) atoms. The number of aromatic nitrogens is 2. The number of aryl methyl sites for hydroxylation is 1. The maximum atomic E-state index is 12.3. The molecule has 2 aromatic heterocycles. The van der Waals surface area contributed by atoms with Gasteiger partial charge in [-0.1, -0.05) is 6.07 Å². The molecule has 0 radical (unpaired) electrons. The number of hydrogen-bond donors (Lipinski definition) is 2. The van der Waals surface area contributed by atoms with Crippen molar-refractivity contribution in [3.05, 3.63) is 58.1 Å². The van der Waals surface area contributed by atoms with Crippen LogP contribution in [0.4, 0.5) is 5.69 Å². The van der Waals surface area contributed by atoms with E-state index in [0.717, 1.165) is 60.9 Å². The van der Waals surface area contributed by atoms with Crippen molar-refractivity contribution in [2.75, 3.05) is 31.3 Å². The number of hydrogen-bond acceptors (Lipinski definition) is 4. The number of thioether (sulfide) groups is 1. The molecule has 0 amide bonds. The highest BCUT2D eigenvalue weighted by atomic mass is 32.2. The fraction of sp³-hybridized carbons (Fsp3) is 0.409. The van der Waals surface area contributed by atoms with E-state index >= 15 is 0 Å². The predicted molar refractivity (Wildman–Crippen MR) is 117 cm³/mol. The van der Waals surface area contributed by atoms with E-state index in [-0.39, 0.29) is 5.56 Å². The van der Waals surface area contributed by atoms with Crippen LogP contribution in [0.3, 0.4) is 0 Å². The van der Waals surface area contributed by atoms with Crippen LogP contribution in [0.15, 0.2) is 41.5 Å². The van der Waals surface area contributed by atoms with Crippen molar-refractivity contribution in [1.29, 1.82) is 0 Å². The number of benzene rings is 1. The summed E-state index contributed by atoms with van der Waals surface area (Å²) in [5.74, 6) is 1.61. The SMILES string of the molecule is CSCc1ccc(NCC2CCOCC2)c(-c2cc(C)c3c(=O)[nH]ccn23)c1. The fourth-order valence-corrected chi connectivity index (χ4v) is 4.49. The third-order valence-electron chi connectivity index (χ3n) is 5.47. The molecular formula is C22H27N3O2S. The molecule has 4 rings (SSSR count). The largest absolute Gasteiger partial charge is 0.384 e. The van der Waals surface area contributed by atoms with Crippen molar-refractivity contribution in [2.45, 2.75) is 25.5 Å². The summed E-state index contributed by atoms with van der Waals surface area (Å²) in [5.41, 5.74) is 6.25. The van der Waals surface area contributed by atoms with Gasteiger partial charge >= 0.3 is 0 Å². The molecule has 3 aromatic rings. The highest BCUT2D eigenvalue weighted by molar-refractivity contribution is 7.97. The zero-order valence-corrected chi connectivity index (χ0v) is 17.3. The molecule has 0 bridgehead atoms. The van der Waals surface area contributed by atoms with Crippen LogP contribution in [-0.4, -0.2) is 35.4 Å². The molecule has 0 saturated carbocycles. The lowest BCUT2D eigenvalue weighted by atomic mass is 9.99. The molecule has 1 aromatic carbocycles. The van der Waals surface area contributed by atoms with E-state index in [1.165, 1.54) is 5.56 Å². The number of nitrogens with one attached hydrogen (secondary N) is 2. The summed E-state index contributed by atoms with van der Waals surface area (Å²) in [4.78, 5) is 15.1. The number of rotatable bonds is 6. The van der Waals surface area contributed by atoms with Crippen molar-refractivity contribution in [3.63, 3.8) is 0 Å². The number of anilines is 1. The Hall–Kier alpha value is -2.18. The maximum Gasteiger partial charge on any atom is 0.272 e. The van der Waals surface area contributed by atoms with E-state index < -0.39 is 0 Å². The second-order valence-electron chi connectivity index (χ2n) is 7.47.